The molecule has 0 saturated heterocycles. The summed E-state index contributed by atoms with van der Waals surface area (Å²) in [5.74, 6) is -2.79. The zero-order valence-corrected chi connectivity index (χ0v) is 107. The molecule has 65 heteroatoms. The summed E-state index contributed by atoms with van der Waals surface area (Å²) in [5, 5.41) is 41.0. The summed E-state index contributed by atoms with van der Waals surface area (Å²) in [6, 6.07) is 48.4. The highest BCUT2D eigenvalue weighted by Gasteiger charge is 2.31. The van der Waals surface area contributed by atoms with Crippen molar-refractivity contribution < 1.29 is 73.0 Å². The minimum absolute atomic E-state index is 0.126. The summed E-state index contributed by atoms with van der Waals surface area (Å²) in [7, 11) is 74.4. The number of rotatable bonds is 22. The van der Waals surface area contributed by atoms with Crippen molar-refractivity contribution in [3.8, 4) is 0 Å². The molecule has 0 bridgehead atoms. The third-order valence-corrected chi connectivity index (χ3v) is 104. The zero-order chi connectivity index (χ0) is 97.5. The van der Waals surface area contributed by atoms with Gasteiger partial charge in [0.25, 0.3) is 0 Å². The molecule has 0 heterocycles. The maximum atomic E-state index is 13.0. The number of carboxylic acids is 1. The van der Waals surface area contributed by atoms with Crippen LogP contribution in [0, 0.1) is 20.8 Å². The van der Waals surface area contributed by atoms with Crippen LogP contribution in [-0.4, -0.2) is 109 Å². The number of carboxylic acid groups (broad SMARTS) is 1. The van der Waals surface area contributed by atoms with Crippen molar-refractivity contribution in [1.29, 1.82) is 0 Å². The minimum Gasteiger partial charge on any atom is -0.480 e. The van der Waals surface area contributed by atoms with Crippen LogP contribution < -0.4 is 10.6 Å². The Bertz CT molecular complexity index is 6890. The van der Waals surface area contributed by atoms with Gasteiger partial charge in [0.1, 0.15) is 17.3 Å². The van der Waals surface area contributed by atoms with E-state index in [-0.39, 0.29) is 29.5 Å². The van der Waals surface area contributed by atoms with Crippen molar-refractivity contribution in [2.24, 2.45) is 0 Å². The number of benzene rings is 6. The molecule has 0 aliphatic carbocycles. The summed E-state index contributed by atoms with van der Waals surface area (Å²) in [6.45, 7) is 14.5. The fourth-order valence-electron chi connectivity index (χ4n) is 8.00. The number of alkyl carbamates (subject to hydrolysis) is 2. The van der Waals surface area contributed by atoms with Crippen LogP contribution in [0.2, 0.25) is 0 Å². The molecule has 6 rings (SSSR count). The van der Waals surface area contributed by atoms with Crippen molar-refractivity contribution in [1.82, 2.24) is 10.6 Å². The van der Waals surface area contributed by atoms with E-state index in [1.807, 2.05) is 242 Å². The van der Waals surface area contributed by atoms with Gasteiger partial charge >= 0.3 is 29.8 Å². The van der Waals surface area contributed by atoms with Gasteiger partial charge in [-0.25, -0.2) is 19.2 Å². The Labute approximate surface area is 910 Å². The molecule has 3 unspecified atom stereocenters. The molecular formula is C67H80N4O14S47. The average Bonchev–Trinajstić information content (AvgIpc) is 0.645. The monoisotopic (exact) mass is 2670 g/mol. The number of aliphatic carboxylic acids is 1. The molecule has 0 aliphatic rings. The molecular weight excluding hydrogens is 2590 g/mol. The Morgan fingerprint density at radius 1 is 0.364 bits per heavy atom. The van der Waals surface area contributed by atoms with E-state index in [9.17, 15) is 43.8 Å². The summed E-state index contributed by atoms with van der Waals surface area (Å²) in [6.07, 6.45) is -1.22. The van der Waals surface area contributed by atoms with Gasteiger partial charge in [0, 0.05) is 446 Å². The van der Waals surface area contributed by atoms with E-state index >= 15 is 0 Å². The lowest BCUT2D eigenvalue weighted by Gasteiger charge is -2.24. The van der Waals surface area contributed by atoms with Gasteiger partial charge < -0.3 is 50.8 Å². The van der Waals surface area contributed by atoms with E-state index in [4.69, 9.17) is 74.7 Å². The summed E-state index contributed by atoms with van der Waals surface area (Å²) >= 11 is 19.1. The highest BCUT2D eigenvalue weighted by Crippen LogP contribution is 2.24. The van der Waals surface area contributed by atoms with E-state index in [0.717, 1.165) is 33.4 Å². The molecule has 0 radical (unpaired) electrons. The summed E-state index contributed by atoms with van der Waals surface area (Å²) in [4.78, 5) is 86.4. The molecule has 0 spiro atoms. The topological polar surface area (TPSA) is 289 Å². The molecule has 0 saturated carbocycles. The number of Topliss-reactive ketones (excluding diaryl/α,β-unsaturated/α-hetero) is 3. The number of carbonyl (C=O) groups excluding carboxylic acids is 6. The first-order chi connectivity index (χ1) is 63.5. The van der Waals surface area contributed by atoms with E-state index < -0.39 is 72.8 Å². The van der Waals surface area contributed by atoms with Crippen molar-refractivity contribution >= 4 is 474 Å². The second-order valence-electron chi connectivity index (χ2n) is 24.7. The number of aliphatic hydroxyl groups is 3. The van der Waals surface area contributed by atoms with Crippen LogP contribution in [0.15, 0.2) is 164 Å². The van der Waals surface area contributed by atoms with Crippen molar-refractivity contribution in [2.45, 2.75) is 136 Å². The summed E-state index contributed by atoms with van der Waals surface area (Å²) < 4.78 is 15.4. The number of nitrogens with zero attached hydrogens (tertiary/aromatic N) is 2. The van der Waals surface area contributed by atoms with Crippen LogP contribution in [-0.2, 0) is 484 Å². The number of ketones is 3. The smallest absolute Gasteiger partial charge is 0.408 e. The Hall–Kier alpha value is 1.41. The Morgan fingerprint density at radius 2 is 0.621 bits per heavy atom. The number of carbonyl (C=O) groups is 7. The highest BCUT2D eigenvalue weighted by atomic mass is 33.5. The number of esters is 1. The second kappa shape index (κ2) is 88.9. The van der Waals surface area contributed by atoms with Crippen molar-refractivity contribution in [3.05, 3.63) is 219 Å². The normalized spacial score (nSPS) is 10.5. The maximum absolute atomic E-state index is 13.0. The van der Waals surface area contributed by atoms with Gasteiger partial charge in [-0.2, -0.15) is 4.79 Å². The highest BCUT2D eigenvalue weighted by molar-refractivity contribution is 8.81. The summed E-state index contributed by atoms with van der Waals surface area (Å²) in [5.41, 5.74) is 16.0. The minimum atomic E-state index is -1.36. The van der Waals surface area contributed by atoms with Crippen LogP contribution in [0.25, 0.3) is 5.53 Å². The third-order valence-electron chi connectivity index (χ3n) is 13.3. The zero-order valence-electron chi connectivity index (χ0n) is 69.0. The predicted octanol–water partition coefficient (Wildman–Crippen LogP) is 9.96. The molecule has 6 aromatic carbocycles. The molecule has 6 N–H and O–H groups in total. The van der Waals surface area contributed by atoms with Gasteiger partial charge in [-0.05, 0) is 122 Å². The Balaban J connectivity index is 0.000000808. The quantitative estimate of drug-likeness (QED) is 0.0121. The first kappa shape index (κ1) is 131. The van der Waals surface area contributed by atoms with E-state index in [1.165, 1.54) is 35.5 Å². The number of aliphatic hydroxyl groups excluding tert-OH is 3. The van der Waals surface area contributed by atoms with Gasteiger partial charge in [0.2, 0.25) is 5.78 Å². The lowest BCUT2D eigenvalue weighted by molar-refractivity contribution is -0.158. The molecule has 734 valence electrons. The van der Waals surface area contributed by atoms with E-state index in [0.29, 0.717) is 48.8 Å². The van der Waals surface area contributed by atoms with Crippen LogP contribution >= 0.6 is 0 Å². The van der Waals surface area contributed by atoms with Crippen molar-refractivity contribution in [2.75, 3.05) is 13.2 Å². The number of aryl methyl sites for hydroxylation is 6. The van der Waals surface area contributed by atoms with Crippen LogP contribution in [0.1, 0.15) is 123 Å². The van der Waals surface area contributed by atoms with Crippen molar-refractivity contribution in [3.63, 3.8) is 0 Å². The molecule has 6 aromatic rings. The molecule has 0 aliphatic heterocycles. The first-order valence-corrected chi connectivity index (χ1v) is 95.2. The average molecular weight is 2670 g/mol. The SMILES string of the molecule is CC(C)(C)OC(=O)NC(CO)C(=O)O.Cc1ccc(C(=[N+]=[N-])C(=O)CCc2ccccc2)cc1.Cc1ccc(C(O)C(=O)CCc2ccccc2)cc1.Cc1ccc(C(OC(=O)[C@H](CO)NC(=O)OC(C)(C)C)C(=O)CCc2ccccc2)cc1.S=S=S=S=S=S=S=S=S=S=S=S=S=S=S=S=S=S=S.S=S=S=S=S=S=S=S=S=S=S=S=S=S=S=S=S=S=S=S=S=S=S=S=S=S=S=S. The van der Waals surface area contributed by atoms with Crippen LogP contribution in [0.5, 0.6) is 0 Å². The molecule has 4 atom stereocenters. The van der Waals surface area contributed by atoms with Crippen LogP contribution in [0.4, 0.5) is 9.59 Å². The molecule has 0 fully saturated rings. The Morgan fingerprint density at radius 3 is 0.886 bits per heavy atom. The van der Waals surface area contributed by atoms with Gasteiger partial charge in [0.15, 0.2) is 29.8 Å². The molecule has 2 amide bonds. The second-order valence-corrected chi connectivity index (χ2v) is 101. The van der Waals surface area contributed by atoms with Gasteiger partial charge in [-0.1, -0.05) is 168 Å². The Kier molecular flexibility index (Phi) is 88.5. The molecule has 0 aromatic heterocycles. The predicted molar refractivity (Wildman–Crippen MR) is 669 cm³/mol. The maximum Gasteiger partial charge on any atom is 0.408 e. The molecule has 132 heavy (non-hydrogen) atoms. The van der Waals surface area contributed by atoms with Gasteiger partial charge in [0.05, 0.1) is 18.8 Å². The lowest BCUT2D eigenvalue weighted by Crippen LogP contribution is -2.47. The van der Waals surface area contributed by atoms with Gasteiger partial charge in [-0.3, -0.25) is 14.4 Å². The lowest BCUT2D eigenvalue weighted by atomic mass is 9.99. The number of amides is 2. The standard InChI is InChI=1S/C25H31NO6.C17H16N2O.C17H18O2.C8H15NO5.S28.S19/c1-17-10-13-19(14-11-17)22(21(28)15-12-18-8-6-5-7-9-18)31-23(29)20(16-27)26-24(30)32-25(2,3)4;1-13-7-10-15(11-8-13)17(19-18)16(20)12-9-14-5-3-2-4-6-14;1-13-7-10-15(11-8-13)17(19)16(18)12-9-14-5-3-2-4-6-14;1-8(2,3)14-7(13)9-5(4-10)6(11)12;1-3-5-7-9-11-13-15-17-19-21-23-25-27-28-26-24-22-20-18-16-14-12-10-8-6-4-2;1-3-5-7-9-11-13-15-17-19-18-16-14-12-10-8-6-4-2/h5-11,13-14,20,22,27H,12,15-16H2,1-4H3,(H,26,30);2-8,10-11H,9,12H2,1H3;2-8,10-11,17,19H,9,12H2,1H3;5,10H,4H2,1-3H3,(H,9,13)(H,11,12);;/t20-,22?;;;;;/m0...../s1. The number of hydrogen-bond donors (Lipinski definition) is 6. The first-order valence-electron chi connectivity index (χ1n) is 35.2. The van der Waals surface area contributed by atoms with Crippen LogP contribution in [0.3, 0.4) is 0 Å². The fourth-order valence-corrected chi connectivity index (χ4v) is 115. The number of hydrogen-bond acceptors (Lipinski definition) is 17. The van der Waals surface area contributed by atoms with Gasteiger partial charge in [-0.15, -0.1) is 0 Å². The largest absolute Gasteiger partial charge is 0.480 e. The van der Waals surface area contributed by atoms with E-state index in [2.05, 4.69) is 10.1 Å². The molecule has 18 nitrogen and oxygen atoms in total. The third kappa shape index (κ3) is 76.1. The number of nitrogens with one attached hydrogen (secondary N) is 2. The number of ether oxygens (including phenoxy) is 3. The fraction of sp³-hybridized carbons (Fsp3) is 0.343. The van der Waals surface area contributed by atoms with E-state index in [1.54, 1.807) is 335 Å².